The van der Waals surface area contributed by atoms with Gasteiger partial charge in [0, 0.05) is 24.3 Å². The van der Waals surface area contributed by atoms with Crippen molar-refractivity contribution in [3.8, 4) is 0 Å². The van der Waals surface area contributed by atoms with Gasteiger partial charge in [0.05, 0.1) is 10.7 Å². The smallest absolute Gasteiger partial charge is 0.238 e. The maximum atomic E-state index is 11.8. The van der Waals surface area contributed by atoms with Crippen LogP contribution in [0, 0.1) is 0 Å². The molecule has 0 saturated heterocycles. The zero-order valence-electron chi connectivity index (χ0n) is 14.9. The van der Waals surface area contributed by atoms with Gasteiger partial charge < -0.3 is 5.32 Å². The molecule has 0 aliphatic heterocycles. The maximum absolute atomic E-state index is 11.8. The number of halogens is 2. The van der Waals surface area contributed by atoms with Crippen molar-refractivity contribution < 1.29 is 14.4 Å². The van der Waals surface area contributed by atoms with Crippen LogP contribution in [0.4, 0.5) is 5.69 Å². The molecular formula is C18H25Cl2N3O3. The lowest BCUT2D eigenvalue weighted by atomic mass is 10.1. The first-order chi connectivity index (χ1) is 12.4. The molecule has 0 aliphatic rings. The Balaban J connectivity index is 2.19. The van der Waals surface area contributed by atoms with E-state index in [1.807, 2.05) is 0 Å². The highest BCUT2D eigenvalue weighted by Gasteiger charge is 2.10. The topological polar surface area (TPSA) is 87.3 Å². The fourth-order valence-corrected chi connectivity index (χ4v) is 2.64. The Morgan fingerprint density at radius 2 is 1.46 bits per heavy atom. The molecule has 144 valence electrons. The monoisotopic (exact) mass is 401 g/mol. The summed E-state index contributed by atoms with van der Waals surface area (Å²) in [4.78, 5) is 35.1. The van der Waals surface area contributed by atoms with E-state index in [1.54, 1.807) is 12.1 Å². The molecule has 0 saturated carbocycles. The lowest BCUT2D eigenvalue weighted by Crippen LogP contribution is -2.41. The molecule has 8 heteroatoms. The maximum Gasteiger partial charge on any atom is 0.238 e. The molecule has 0 heterocycles. The number of carbonyl (C=O) groups is 3. The molecule has 3 N–H and O–H groups in total. The average Bonchev–Trinajstić information content (AvgIpc) is 2.60. The van der Waals surface area contributed by atoms with Crippen LogP contribution in [0.1, 0.15) is 58.3 Å². The minimum atomic E-state index is -0.429. The summed E-state index contributed by atoms with van der Waals surface area (Å²) in [5.74, 6) is -1.01. The van der Waals surface area contributed by atoms with Crippen molar-refractivity contribution in [2.45, 2.75) is 58.3 Å². The summed E-state index contributed by atoms with van der Waals surface area (Å²) >= 11 is 11.8. The summed E-state index contributed by atoms with van der Waals surface area (Å²) in [7, 11) is 0. The van der Waals surface area contributed by atoms with E-state index in [4.69, 9.17) is 23.2 Å². The lowest BCUT2D eigenvalue weighted by Gasteiger charge is -2.09. The van der Waals surface area contributed by atoms with Gasteiger partial charge >= 0.3 is 0 Å². The van der Waals surface area contributed by atoms with Crippen LogP contribution in [0.15, 0.2) is 18.2 Å². The highest BCUT2D eigenvalue weighted by Crippen LogP contribution is 2.25. The van der Waals surface area contributed by atoms with Crippen molar-refractivity contribution in [3.63, 3.8) is 0 Å². The molecule has 1 aromatic rings. The Labute approximate surface area is 164 Å². The molecule has 0 radical (unpaired) electrons. The van der Waals surface area contributed by atoms with Gasteiger partial charge in [-0.3, -0.25) is 25.2 Å². The molecule has 0 aliphatic carbocycles. The van der Waals surface area contributed by atoms with E-state index in [2.05, 4.69) is 23.1 Å². The summed E-state index contributed by atoms with van der Waals surface area (Å²) in [5, 5.41) is 3.39. The quantitative estimate of drug-likeness (QED) is 0.405. The highest BCUT2D eigenvalue weighted by atomic mass is 35.5. The van der Waals surface area contributed by atoms with Crippen LogP contribution in [-0.2, 0) is 14.4 Å². The Bertz CT molecular complexity index is 624. The number of carbonyl (C=O) groups excluding carboxylic acids is 3. The zero-order valence-corrected chi connectivity index (χ0v) is 16.4. The number of benzene rings is 1. The van der Waals surface area contributed by atoms with Gasteiger partial charge in [-0.2, -0.15) is 0 Å². The molecule has 0 spiro atoms. The van der Waals surface area contributed by atoms with Gasteiger partial charge in [-0.05, 0) is 24.6 Å². The fourth-order valence-electron chi connectivity index (χ4n) is 2.18. The third-order valence-corrected chi connectivity index (χ3v) is 4.18. The molecule has 1 rings (SSSR count). The van der Waals surface area contributed by atoms with Crippen molar-refractivity contribution in [1.82, 2.24) is 10.9 Å². The number of hydrogen-bond donors (Lipinski definition) is 3. The van der Waals surface area contributed by atoms with Gasteiger partial charge in [0.15, 0.2) is 0 Å². The number of hydrazine groups is 1. The summed E-state index contributed by atoms with van der Waals surface area (Å²) in [6.07, 6.45) is 5.53. The van der Waals surface area contributed by atoms with Crippen LogP contribution in [0.3, 0.4) is 0 Å². The van der Waals surface area contributed by atoms with Crippen LogP contribution in [0.25, 0.3) is 0 Å². The second-order valence-corrected chi connectivity index (χ2v) is 6.78. The normalized spacial score (nSPS) is 10.3. The van der Waals surface area contributed by atoms with Gasteiger partial charge in [-0.1, -0.05) is 55.8 Å². The number of anilines is 1. The Morgan fingerprint density at radius 3 is 2.12 bits per heavy atom. The highest BCUT2D eigenvalue weighted by molar-refractivity contribution is 6.36. The molecule has 3 amide bonds. The minimum absolute atomic E-state index is 0.0301. The first-order valence-corrected chi connectivity index (χ1v) is 9.50. The molecule has 0 unspecified atom stereocenters. The van der Waals surface area contributed by atoms with Crippen molar-refractivity contribution in [2.24, 2.45) is 0 Å². The van der Waals surface area contributed by atoms with Crippen LogP contribution in [0.5, 0.6) is 0 Å². The second-order valence-electron chi connectivity index (χ2n) is 5.93. The third kappa shape index (κ3) is 9.63. The number of hydrogen-bond acceptors (Lipinski definition) is 3. The molecule has 0 atom stereocenters. The van der Waals surface area contributed by atoms with E-state index in [9.17, 15) is 14.4 Å². The van der Waals surface area contributed by atoms with Crippen LogP contribution in [-0.4, -0.2) is 17.7 Å². The zero-order chi connectivity index (χ0) is 19.4. The number of nitrogens with one attached hydrogen (secondary N) is 3. The van der Waals surface area contributed by atoms with Crippen LogP contribution >= 0.6 is 23.2 Å². The predicted molar refractivity (Wildman–Crippen MR) is 104 cm³/mol. The van der Waals surface area contributed by atoms with Gasteiger partial charge in [0.25, 0.3) is 0 Å². The van der Waals surface area contributed by atoms with E-state index >= 15 is 0 Å². The van der Waals surface area contributed by atoms with Gasteiger partial charge in [0.1, 0.15) is 0 Å². The van der Waals surface area contributed by atoms with Crippen molar-refractivity contribution in [1.29, 1.82) is 0 Å². The van der Waals surface area contributed by atoms with E-state index in [0.29, 0.717) is 22.2 Å². The van der Waals surface area contributed by atoms with Gasteiger partial charge in [-0.25, -0.2) is 0 Å². The van der Waals surface area contributed by atoms with Crippen molar-refractivity contribution in [3.05, 3.63) is 28.2 Å². The Kier molecular flexibility index (Phi) is 10.7. The molecular weight excluding hydrogens is 377 g/mol. The van der Waals surface area contributed by atoms with Gasteiger partial charge in [0.2, 0.25) is 17.7 Å². The lowest BCUT2D eigenvalue weighted by molar-refractivity contribution is -0.129. The first kappa shape index (κ1) is 22.3. The number of rotatable bonds is 10. The van der Waals surface area contributed by atoms with Gasteiger partial charge in [-0.15, -0.1) is 0 Å². The Morgan fingerprint density at radius 1 is 0.846 bits per heavy atom. The van der Waals surface area contributed by atoms with Crippen molar-refractivity contribution >= 4 is 46.6 Å². The number of unbranched alkanes of at least 4 members (excludes halogenated alkanes) is 4. The van der Waals surface area contributed by atoms with E-state index in [1.165, 1.54) is 12.5 Å². The summed E-state index contributed by atoms with van der Waals surface area (Å²) in [5.41, 5.74) is 5.10. The molecule has 0 aromatic heterocycles. The second kappa shape index (κ2) is 12.5. The summed E-state index contributed by atoms with van der Waals surface area (Å²) in [6, 6.07) is 4.71. The summed E-state index contributed by atoms with van der Waals surface area (Å²) < 4.78 is 0. The van der Waals surface area contributed by atoms with Crippen LogP contribution < -0.4 is 16.2 Å². The Hall–Kier alpha value is -1.79. The van der Waals surface area contributed by atoms with Crippen LogP contribution in [0.2, 0.25) is 10.0 Å². The molecule has 1 aromatic carbocycles. The average molecular weight is 402 g/mol. The molecule has 26 heavy (non-hydrogen) atoms. The minimum Gasteiger partial charge on any atom is -0.325 e. The third-order valence-electron chi connectivity index (χ3n) is 3.63. The number of amides is 3. The standard InChI is InChI=1S/C18H25Cl2N3O3/c1-2-3-4-5-6-7-17(25)22-23-18(26)11-10-16(24)21-15-9-8-13(19)12-14(15)20/h8-9,12H,2-7,10-11H2,1H3,(H,21,24)(H,22,25)(H,23,26). The SMILES string of the molecule is CCCCCCCC(=O)NNC(=O)CCC(=O)Nc1ccc(Cl)cc1Cl. The first-order valence-electron chi connectivity index (χ1n) is 8.75. The molecule has 6 nitrogen and oxygen atoms in total. The fraction of sp³-hybridized carbons (Fsp3) is 0.500. The molecule has 0 fully saturated rings. The molecule has 0 bridgehead atoms. The van der Waals surface area contributed by atoms with E-state index < -0.39 is 5.91 Å². The largest absolute Gasteiger partial charge is 0.325 e. The van der Waals surface area contributed by atoms with E-state index in [0.717, 1.165) is 25.7 Å². The van der Waals surface area contributed by atoms with E-state index in [-0.39, 0.29) is 24.7 Å². The van der Waals surface area contributed by atoms with Crippen molar-refractivity contribution in [2.75, 3.05) is 5.32 Å². The predicted octanol–water partition coefficient (Wildman–Crippen LogP) is 4.22. The summed E-state index contributed by atoms with van der Waals surface area (Å²) in [6.45, 7) is 2.13.